The number of amides is 1. The highest BCUT2D eigenvalue weighted by molar-refractivity contribution is 5.75. The van der Waals surface area contributed by atoms with Crippen LogP contribution >= 0.6 is 0 Å². The molecule has 0 bridgehead atoms. The fourth-order valence-corrected chi connectivity index (χ4v) is 1.60. The number of nitrogens with zero attached hydrogens (tertiary/aromatic N) is 1. The lowest BCUT2D eigenvalue weighted by atomic mass is 10.1. The Hall–Kier alpha value is -1.35. The summed E-state index contributed by atoms with van der Waals surface area (Å²) in [5.41, 5.74) is 8.03. The van der Waals surface area contributed by atoms with E-state index in [1.165, 1.54) is 5.56 Å². The maximum absolute atomic E-state index is 11.8. The maximum atomic E-state index is 11.8. The van der Waals surface area contributed by atoms with Crippen molar-refractivity contribution < 1.29 is 4.79 Å². The predicted octanol–water partition coefficient (Wildman–Crippen LogP) is 2.08. The smallest absolute Gasteiger partial charge is 0.222 e. The number of carbonyl (C=O) groups is 1. The normalized spacial score (nSPS) is 12.2. The van der Waals surface area contributed by atoms with Gasteiger partial charge >= 0.3 is 0 Å². The molecule has 17 heavy (non-hydrogen) atoms. The summed E-state index contributed by atoms with van der Waals surface area (Å²) in [6.45, 7) is 4.65. The van der Waals surface area contributed by atoms with E-state index >= 15 is 0 Å². The first-order valence-corrected chi connectivity index (χ1v) is 6.04. The van der Waals surface area contributed by atoms with Gasteiger partial charge in [-0.1, -0.05) is 29.8 Å². The van der Waals surface area contributed by atoms with Gasteiger partial charge in [0.1, 0.15) is 0 Å². The second-order valence-electron chi connectivity index (χ2n) is 4.75. The summed E-state index contributed by atoms with van der Waals surface area (Å²) in [5, 5.41) is 0. The van der Waals surface area contributed by atoms with Crippen molar-refractivity contribution in [2.24, 2.45) is 5.73 Å². The van der Waals surface area contributed by atoms with Crippen molar-refractivity contribution in [3.8, 4) is 0 Å². The first-order valence-electron chi connectivity index (χ1n) is 6.04. The molecule has 1 amide bonds. The van der Waals surface area contributed by atoms with E-state index in [2.05, 4.69) is 31.2 Å². The zero-order valence-electron chi connectivity index (χ0n) is 10.9. The minimum atomic E-state index is 0.0896. The van der Waals surface area contributed by atoms with Gasteiger partial charge in [0, 0.05) is 26.1 Å². The molecule has 0 heterocycles. The Kier molecular flexibility index (Phi) is 5.16. The average molecular weight is 234 g/mol. The van der Waals surface area contributed by atoms with Gasteiger partial charge in [-0.2, -0.15) is 0 Å². The fourth-order valence-electron chi connectivity index (χ4n) is 1.60. The van der Waals surface area contributed by atoms with Crippen LogP contribution in [0.25, 0.3) is 0 Å². The monoisotopic (exact) mass is 234 g/mol. The van der Waals surface area contributed by atoms with Gasteiger partial charge in [-0.3, -0.25) is 4.79 Å². The molecule has 2 N–H and O–H groups in total. The molecular weight excluding hydrogens is 212 g/mol. The van der Waals surface area contributed by atoms with Crippen molar-refractivity contribution in [1.82, 2.24) is 4.90 Å². The number of hydrogen-bond donors (Lipinski definition) is 1. The van der Waals surface area contributed by atoms with E-state index in [-0.39, 0.29) is 11.9 Å². The van der Waals surface area contributed by atoms with Crippen LogP contribution in [0.15, 0.2) is 24.3 Å². The second kappa shape index (κ2) is 6.40. The van der Waals surface area contributed by atoms with E-state index in [0.29, 0.717) is 13.0 Å². The van der Waals surface area contributed by atoms with Crippen LogP contribution in [0.5, 0.6) is 0 Å². The van der Waals surface area contributed by atoms with E-state index in [9.17, 15) is 4.79 Å². The Labute approximate surface area is 104 Å². The molecule has 1 atom stereocenters. The molecule has 0 spiro atoms. The largest absolute Gasteiger partial charge is 0.341 e. The Morgan fingerprint density at radius 2 is 1.94 bits per heavy atom. The quantitative estimate of drug-likeness (QED) is 0.848. The zero-order chi connectivity index (χ0) is 12.8. The van der Waals surface area contributed by atoms with Crippen molar-refractivity contribution in [2.45, 2.75) is 39.3 Å². The first-order chi connectivity index (χ1) is 7.99. The lowest BCUT2D eigenvalue weighted by Gasteiger charge is -2.18. The molecule has 1 rings (SSSR count). The van der Waals surface area contributed by atoms with Crippen LogP contribution in [-0.4, -0.2) is 23.9 Å². The average Bonchev–Trinajstić information content (AvgIpc) is 2.28. The molecule has 0 saturated heterocycles. The highest BCUT2D eigenvalue weighted by Gasteiger charge is 2.09. The standard InChI is InChI=1S/C14H22N2O/c1-11-4-7-13(8-5-11)10-16(3)14(17)9-6-12(2)15/h4-5,7-8,12H,6,9-10,15H2,1-3H3. The lowest BCUT2D eigenvalue weighted by molar-refractivity contribution is -0.130. The van der Waals surface area contributed by atoms with Gasteiger partial charge in [0.2, 0.25) is 5.91 Å². The molecular formula is C14H22N2O. The molecule has 0 radical (unpaired) electrons. The zero-order valence-corrected chi connectivity index (χ0v) is 10.9. The Balaban J connectivity index is 2.45. The highest BCUT2D eigenvalue weighted by Crippen LogP contribution is 2.07. The van der Waals surface area contributed by atoms with Gasteiger partial charge in [0.15, 0.2) is 0 Å². The van der Waals surface area contributed by atoms with Gasteiger partial charge in [0.25, 0.3) is 0 Å². The van der Waals surface area contributed by atoms with E-state index in [1.54, 1.807) is 4.90 Å². The number of rotatable bonds is 5. The number of hydrogen-bond acceptors (Lipinski definition) is 2. The molecule has 0 saturated carbocycles. The van der Waals surface area contributed by atoms with Gasteiger partial charge in [-0.15, -0.1) is 0 Å². The molecule has 3 nitrogen and oxygen atoms in total. The Morgan fingerprint density at radius 3 is 2.47 bits per heavy atom. The molecule has 1 aromatic carbocycles. The topological polar surface area (TPSA) is 46.3 Å². The first kappa shape index (κ1) is 13.7. The molecule has 0 aliphatic rings. The second-order valence-corrected chi connectivity index (χ2v) is 4.75. The van der Waals surface area contributed by atoms with Gasteiger partial charge in [0.05, 0.1) is 0 Å². The molecule has 3 heteroatoms. The summed E-state index contributed by atoms with van der Waals surface area (Å²) in [5.74, 6) is 0.155. The molecule has 0 aliphatic carbocycles. The Bertz CT molecular complexity index is 357. The summed E-state index contributed by atoms with van der Waals surface area (Å²) in [6.07, 6.45) is 1.27. The van der Waals surface area contributed by atoms with Gasteiger partial charge < -0.3 is 10.6 Å². The molecule has 0 aliphatic heterocycles. The van der Waals surface area contributed by atoms with Crippen LogP contribution in [0.3, 0.4) is 0 Å². The van der Waals surface area contributed by atoms with E-state index < -0.39 is 0 Å². The number of nitrogens with two attached hydrogens (primary N) is 1. The number of benzene rings is 1. The lowest BCUT2D eigenvalue weighted by Crippen LogP contribution is -2.27. The van der Waals surface area contributed by atoms with Crippen LogP contribution in [0, 0.1) is 6.92 Å². The summed E-state index contributed by atoms with van der Waals surface area (Å²) < 4.78 is 0. The molecule has 0 aromatic heterocycles. The van der Waals surface area contributed by atoms with Crippen molar-refractivity contribution in [3.63, 3.8) is 0 Å². The van der Waals surface area contributed by atoms with Gasteiger partial charge in [-0.25, -0.2) is 0 Å². The van der Waals surface area contributed by atoms with E-state index in [0.717, 1.165) is 12.0 Å². The van der Waals surface area contributed by atoms with Crippen LogP contribution in [0.1, 0.15) is 30.9 Å². The third-order valence-electron chi connectivity index (χ3n) is 2.78. The van der Waals surface area contributed by atoms with Crippen molar-refractivity contribution in [2.75, 3.05) is 7.05 Å². The minimum absolute atomic E-state index is 0.0896. The van der Waals surface area contributed by atoms with Crippen LogP contribution in [0.4, 0.5) is 0 Å². The van der Waals surface area contributed by atoms with Crippen molar-refractivity contribution >= 4 is 5.91 Å². The summed E-state index contributed by atoms with van der Waals surface area (Å²) >= 11 is 0. The van der Waals surface area contributed by atoms with Crippen LogP contribution < -0.4 is 5.73 Å². The van der Waals surface area contributed by atoms with Gasteiger partial charge in [-0.05, 0) is 25.8 Å². The minimum Gasteiger partial charge on any atom is -0.341 e. The fraction of sp³-hybridized carbons (Fsp3) is 0.500. The van der Waals surface area contributed by atoms with Crippen molar-refractivity contribution in [3.05, 3.63) is 35.4 Å². The summed E-state index contributed by atoms with van der Waals surface area (Å²) in [4.78, 5) is 13.5. The highest BCUT2D eigenvalue weighted by atomic mass is 16.2. The number of carbonyl (C=O) groups excluding carboxylic acids is 1. The molecule has 94 valence electrons. The van der Waals surface area contributed by atoms with Crippen LogP contribution in [-0.2, 0) is 11.3 Å². The molecule has 1 aromatic rings. The van der Waals surface area contributed by atoms with E-state index in [1.807, 2.05) is 14.0 Å². The Morgan fingerprint density at radius 1 is 1.35 bits per heavy atom. The van der Waals surface area contributed by atoms with Crippen molar-refractivity contribution in [1.29, 1.82) is 0 Å². The maximum Gasteiger partial charge on any atom is 0.222 e. The van der Waals surface area contributed by atoms with E-state index in [4.69, 9.17) is 5.73 Å². The SMILES string of the molecule is Cc1ccc(CN(C)C(=O)CCC(C)N)cc1. The molecule has 1 unspecified atom stereocenters. The predicted molar refractivity (Wildman–Crippen MR) is 70.5 cm³/mol. The third-order valence-corrected chi connectivity index (χ3v) is 2.78. The third kappa shape index (κ3) is 5.00. The number of aryl methyl sites for hydroxylation is 1. The summed E-state index contributed by atoms with van der Waals surface area (Å²) in [7, 11) is 1.84. The summed E-state index contributed by atoms with van der Waals surface area (Å²) in [6, 6.07) is 8.34. The molecule has 0 fully saturated rings. The van der Waals surface area contributed by atoms with Crippen LogP contribution in [0.2, 0.25) is 0 Å².